The molecule has 0 aliphatic heterocycles. The first-order chi connectivity index (χ1) is 12.0. The van der Waals surface area contributed by atoms with Gasteiger partial charge in [0.05, 0.1) is 12.0 Å². The highest BCUT2D eigenvalue weighted by atomic mass is 32.1. The smallest absolute Gasteiger partial charge is 0.293 e. The van der Waals surface area contributed by atoms with Crippen LogP contribution in [0.3, 0.4) is 0 Å². The van der Waals surface area contributed by atoms with Gasteiger partial charge in [0.1, 0.15) is 5.75 Å². The Morgan fingerprint density at radius 1 is 1.28 bits per heavy atom. The monoisotopic (exact) mass is 355 g/mol. The molecule has 1 N–H and O–H groups in total. The Morgan fingerprint density at radius 3 is 2.68 bits per heavy atom. The van der Waals surface area contributed by atoms with Gasteiger partial charge in [0, 0.05) is 24.3 Å². The summed E-state index contributed by atoms with van der Waals surface area (Å²) in [4.78, 5) is 29.9. The molecule has 3 rings (SSSR count). The van der Waals surface area contributed by atoms with Crippen molar-refractivity contribution in [3.8, 4) is 16.9 Å². The first-order valence-corrected chi connectivity index (χ1v) is 8.39. The molecule has 2 aromatic heterocycles. The number of nitrogens with one attached hydrogen (secondary N) is 1. The minimum atomic E-state index is -0.348. The maximum atomic E-state index is 12.5. The van der Waals surface area contributed by atoms with Crippen molar-refractivity contribution < 1.29 is 9.53 Å². The zero-order valence-electron chi connectivity index (χ0n) is 14.1. The third-order valence-corrected chi connectivity index (χ3v) is 4.84. The van der Waals surface area contributed by atoms with Crippen LogP contribution in [0, 0.1) is 6.92 Å². The van der Waals surface area contributed by atoms with Crippen LogP contribution in [0.15, 0.2) is 47.5 Å². The molecule has 0 saturated carbocycles. The normalized spacial score (nSPS) is 10.5. The van der Waals surface area contributed by atoms with Crippen LogP contribution in [0.5, 0.6) is 5.75 Å². The lowest BCUT2D eigenvalue weighted by Gasteiger charge is -2.03. The lowest BCUT2D eigenvalue weighted by Crippen LogP contribution is -2.24. The molecule has 0 fully saturated rings. The van der Waals surface area contributed by atoms with E-state index in [1.165, 1.54) is 28.3 Å². The maximum absolute atomic E-state index is 12.5. The Hall–Kier alpha value is -2.93. The van der Waals surface area contributed by atoms with E-state index >= 15 is 0 Å². The summed E-state index contributed by atoms with van der Waals surface area (Å²) >= 11 is 1.38. The Balaban J connectivity index is 1.87. The van der Waals surface area contributed by atoms with Gasteiger partial charge >= 0.3 is 0 Å². The average Bonchev–Trinajstić information content (AvgIpc) is 3.01. The van der Waals surface area contributed by atoms with Crippen molar-refractivity contribution in [2.45, 2.75) is 6.92 Å². The van der Waals surface area contributed by atoms with Gasteiger partial charge < -0.3 is 14.6 Å². The lowest BCUT2D eigenvalue weighted by atomic mass is 10.1. The number of carbonyl (C=O) groups is 1. The van der Waals surface area contributed by atoms with E-state index in [9.17, 15) is 9.59 Å². The van der Waals surface area contributed by atoms with Crippen molar-refractivity contribution in [1.29, 1.82) is 0 Å². The van der Waals surface area contributed by atoms with Gasteiger partial charge in [-0.2, -0.15) is 0 Å². The highest BCUT2D eigenvalue weighted by Gasteiger charge is 2.16. The fourth-order valence-electron chi connectivity index (χ4n) is 2.40. The van der Waals surface area contributed by atoms with Gasteiger partial charge in [-0.3, -0.25) is 9.59 Å². The van der Waals surface area contributed by atoms with Crippen molar-refractivity contribution >= 4 is 23.1 Å². The molecular formula is C18H17N3O3S. The molecule has 0 radical (unpaired) electrons. The number of hydrogen-bond acceptors (Lipinski definition) is 5. The summed E-state index contributed by atoms with van der Waals surface area (Å²) in [6.07, 6.45) is 3.01. The number of aromatic nitrogens is 2. The topological polar surface area (TPSA) is 73.2 Å². The fraction of sp³-hybridized carbons (Fsp3) is 0.167. The van der Waals surface area contributed by atoms with Gasteiger partial charge in [-0.25, -0.2) is 4.98 Å². The Labute approximate surface area is 148 Å². The zero-order valence-corrected chi connectivity index (χ0v) is 14.9. The van der Waals surface area contributed by atoms with Crippen molar-refractivity contribution in [2.24, 2.45) is 7.05 Å². The molecule has 7 heteroatoms. The summed E-state index contributed by atoms with van der Waals surface area (Å²) in [5.41, 5.74) is 1.63. The van der Waals surface area contributed by atoms with E-state index in [-0.39, 0.29) is 17.3 Å². The molecule has 1 aromatic carbocycles. The molecule has 0 unspecified atom stereocenters. The van der Waals surface area contributed by atoms with Crippen molar-refractivity contribution in [2.75, 3.05) is 12.4 Å². The van der Waals surface area contributed by atoms with Crippen molar-refractivity contribution in [3.63, 3.8) is 0 Å². The van der Waals surface area contributed by atoms with E-state index in [1.807, 2.05) is 37.3 Å². The molecule has 0 aliphatic rings. The molecule has 0 atom stereocenters. The predicted octanol–water partition coefficient (Wildman–Crippen LogP) is 3.08. The first kappa shape index (κ1) is 16.9. The summed E-state index contributed by atoms with van der Waals surface area (Å²) in [6, 6.07) is 9.48. The molecule has 2 heterocycles. The van der Waals surface area contributed by atoms with E-state index in [1.54, 1.807) is 14.2 Å². The van der Waals surface area contributed by atoms with Crippen LogP contribution in [0.25, 0.3) is 11.1 Å². The summed E-state index contributed by atoms with van der Waals surface area (Å²) < 4.78 is 6.53. The molecule has 0 saturated heterocycles. The first-order valence-electron chi connectivity index (χ1n) is 7.57. The molecule has 128 valence electrons. The number of carbonyl (C=O) groups excluding carboxylic acids is 1. The minimum Gasteiger partial charge on any atom is -0.497 e. The van der Waals surface area contributed by atoms with Gasteiger partial charge in [0.25, 0.3) is 11.5 Å². The van der Waals surface area contributed by atoms with Gasteiger partial charge in [-0.15, -0.1) is 11.3 Å². The number of rotatable bonds is 4. The van der Waals surface area contributed by atoms with Crippen LogP contribution >= 0.6 is 11.3 Å². The van der Waals surface area contributed by atoms with Gasteiger partial charge in [0.2, 0.25) is 0 Å². The van der Waals surface area contributed by atoms with Crippen molar-refractivity contribution in [1.82, 2.24) is 9.55 Å². The number of aryl methyl sites for hydroxylation is 2. The van der Waals surface area contributed by atoms with Crippen LogP contribution in [-0.2, 0) is 7.05 Å². The van der Waals surface area contributed by atoms with E-state index in [0.29, 0.717) is 4.88 Å². The SMILES string of the molecule is COc1ccc(-c2cc(C(=O)Nc3nccn(C)c3=O)sc2C)cc1. The van der Waals surface area contributed by atoms with Crippen LogP contribution in [0.1, 0.15) is 14.5 Å². The number of amides is 1. The Morgan fingerprint density at radius 2 is 2.00 bits per heavy atom. The Kier molecular flexibility index (Phi) is 4.67. The molecule has 0 aliphatic carbocycles. The standard InChI is InChI=1S/C18H17N3O3S/c1-11-14(12-4-6-13(24-3)7-5-12)10-15(25-11)17(22)20-16-18(23)21(2)9-8-19-16/h4-10H,1-3H3,(H,19,20,22). The number of methoxy groups -OCH3 is 1. The summed E-state index contributed by atoms with van der Waals surface area (Å²) in [5, 5.41) is 2.58. The number of anilines is 1. The summed E-state index contributed by atoms with van der Waals surface area (Å²) in [5.74, 6) is 0.455. The number of nitrogens with zero attached hydrogens (tertiary/aromatic N) is 2. The second-order valence-corrected chi connectivity index (χ2v) is 6.71. The molecular weight excluding hydrogens is 338 g/mol. The number of thiophene rings is 1. The zero-order chi connectivity index (χ0) is 18.0. The van der Waals surface area contributed by atoms with Gasteiger partial charge in [0.15, 0.2) is 5.82 Å². The average molecular weight is 355 g/mol. The Bertz CT molecular complexity index is 974. The van der Waals surface area contributed by atoms with E-state index in [4.69, 9.17) is 4.74 Å². The maximum Gasteiger partial charge on any atom is 0.293 e. The number of ether oxygens (including phenoxy) is 1. The number of benzene rings is 1. The van der Waals surface area contributed by atoms with Crippen LogP contribution in [-0.4, -0.2) is 22.6 Å². The largest absolute Gasteiger partial charge is 0.497 e. The minimum absolute atomic E-state index is 0.0204. The number of hydrogen-bond donors (Lipinski definition) is 1. The molecule has 6 nitrogen and oxygen atoms in total. The second-order valence-electron chi connectivity index (χ2n) is 5.46. The third kappa shape index (κ3) is 3.46. The van der Waals surface area contributed by atoms with E-state index in [2.05, 4.69) is 10.3 Å². The van der Waals surface area contributed by atoms with Crippen molar-refractivity contribution in [3.05, 3.63) is 62.8 Å². The van der Waals surface area contributed by atoms with Crippen LogP contribution in [0.4, 0.5) is 5.82 Å². The fourth-order valence-corrected chi connectivity index (χ4v) is 3.34. The van der Waals surface area contributed by atoms with Crippen LogP contribution in [0.2, 0.25) is 0 Å². The van der Waals surface area contributed by atoms with Gasteiger partial charge in [-0.05, 0) is 36.2 Å². The molecule has 3 aromatic rings. The summed E-state index contributed by atoms with van der Waals surface area (Å²) in [6.45, 7) is 1.96. The third-order valence-electron chi connectivity index (χ3n) is 3.79. The van der Waals surface area contributed by atoms with Crippen LogP contribution < -0.4 is 15.6 Å². The quantitative estimate of drug-likeness (QED) is 0.780. The highest BCUT2D eigenvalue weighted by Crippen LogP contribution is 2.32. The van der Waals surface area contributed by atoms with E-state index < -0.39 is 0 Å². The van der Waals surface area contributed by atoms with E-state index in [0.717, 1.165) is 21.8 Å². The second kappa shape index (κ2) is 6.90. The molecule has 0 bridgehead atoms. The molecule has 0 spiro atoms. The highest BCUT2D eigenvalue weighted by molar-refractivity contribution is 7.14. The van der Waals surface area contributed by atoms with Gasteiger partial charge in [-0.1, -0.05) is 12.1 Å². The molecule has 25 heavy (non-hydrogen) atoms. The molecule has 1 amide bonds. The predicted molar refractivity (Wildman–Crippen MR) is 98.5 cm³/mol. The summed E-state index contributed by atoms with van der Waals surface area (Å²) in [7, 11) is 3.23. The lowest BCUT2D eigenvalue weighted by molar-refractivity contribution is 0.103.